The van der Waals surface area contributed by atoms with Gasteiger partial charge in [0.15, 0.2) is 5.78 Å². The second kappa shape index (κ2) is 4.48. The van der Waals surface area contributed by atoms with Crippen molar-refractivity contribution in [3.8, 4) is 0 Å². The van der Waals surface area contributed by atoms with E-state index in [1.54, 1.807) is 0 Å². The van der Waals surface area contributed by atoms with Crippen molar-refractivity contribution in [3.63, 3.8) is 0 Å². The SMILES string of the molecule is CC12CCCCC1CCC1C2CCC23C=CC(=O)C2CCC13. The Labute approximate surface area is 134 Å². The highest BCUT2D eigenvalue weighted by molar-refractivity contribution is 5.95. The number of hydrogen-bond acceptors (Lipinski definition) is 1. The molecule has 1 nitrogen and oxygen atoms in total. The number of carbonyl (C=O) groups is 1. The van der Waals surface area contributed by atoms with Gasteiger partial charge in [0.2, 0.25) is 0 Å². The Morgan fingerprint density at radius 3 is 2.77 bits per heavy atom. The lowest BCUT2D eigenvalue weighted by Gasteiger charge is -2.60. The Morgan fingerprint density at radius 1 is 0.955 bits per heavy atom. The van der Waals surface area contributed by atoms with E-state index < -0.39 is 0 Å². The van der Waals surface area contributed by atoms with Gasteiger partial charge in [-0.25, -0.2) is 0 Å². The van der Waals surface area contributed by atoms with E-state index in [9.17, 15) is 4.79 Å². The molecule has 0 aromatic heterocycles. The fourth-order valence-corrected chi connectivity index (χ4v) is 8.11. The predicted molar refractivity (Wildman–Crippen MR) is 88.3 cm³/mol. The van der Waals surface area contributed by atoms with Crippen LogP contribution in [0.15, 0.2) is 12.2 Å². The van der Waals surface area contributed by atoms with Crippen LogP contribution in [0.3, 0.4) is 0 Å². The molecule has 0 radical (unpaired) electrons. The van der Waals surface area contributed by atoms with Crippen molar-refractivity contribution < 1.29 is 4.79 Å². The van der Waals surface area contributed by atoms with E-state index in [1.807, 2.05) is 6.08 Å². The van der Waals surface area contributed by atoms with Crippen LogP contribution in [0.2, 0.25) is 0 Å². The molecule has 0 amide bonds. The van der Waals surface area contributed by atoms with Crippen LogP contribution in [0.1, 0.15) is 71.1 Å². The van der Waals surface area contributed by atoms with Crippen molar-refractivity contribution in [2.75, 3.05) is 0 Å². The Morgan fingerprint density at radius 2 is 1.86 bits per heavy atom. The molecule has 5 aliphatic rings. The molecule has 0 aromatic carbocycles. The molecule has 120 valence electrons. The average Bonchev–Trinajstić information content (AvgIpc) is 3.04. The zero-order valence-electron chi connectivity index (χ0n) is 14.0. The lowest BCUT2D eigenvalue weighted by Crippen LogP contribution is -2.52. The summed E-state index contributed by atoms with van der Waals surface area (Å²) in [6.45, 7) is 2.65. The minimum absolute atomic E-state index is 0.302. The van der Waals surface area contributed by atoms with E-state index in [0.717, 1.165) is 23.7 Å². The maximum absolute atomic E-state index is 12.3. The molecule has 22 heavy (non-hydrogen) atoms. The van der Waals surface area contributed by atoms with E-state index in [0.29, 0.717) is 22.5 Å². The van der Waals surface area contributed by atoms with Gasteiger partial charge in [0.25, 0.3) is 0 Å². The van der Waals surface area contributed by atoms with E-state index in [-0.39, 0.29) is 0 Å². The van der Waals surface area contributed by atoms with Gasteiger partial charge in [-0.1, -0.05) is 25.8 Å². The highest BCUT2D eigenvalue weighted by atomic mass is 16.1. The summed E-state index contributed by atoms with van der Waals surface area (Å²) in [5, 5.41) is 0. The molecule has 0 aliphatic heterocycles. The minimum atomic E-state index is 0.302. The maximum atomic E-state index is 12.3. The van der Waals surface area contributed by atoms with E-state index >= 15 is 0 Å². The molecule has 0 heterocycles. The van der Waals surface area contributed by atoms with Crippen LogP contribution in [0.25, 0.3) is 0 Å². The highest BCUT2D eigenvalue weighted by Crippen LogP contribution is 2.68. The smallest absolute Gasteiger partial charge is 0.159 e. The lowest BCUT2D eigenvalue weighted by molar-refractivity contribution is -0.125. The van der Waals surface area contributed by atoms with Gasteiger partial charge in [0, 0.05) is 11.3 Å². The Kier molecular flexibility index (Phi) is 2.82. The topological polar surface area (TPSA) is 17.1 Å². The quantitative estimate of drug-likeness (QED) is 0.604. The normalized spacial score (nSPS) is 56.2. The number of ketones is 1. The summed E-state index contributed by atoms with van der Waals surface area (Å²) in [6, 6.07) is 0. The zero-order valence-corrected chi connectivity index (χ0v) is 14.0. The lowest BCUT2D eigenvalue weighted by atomic mass is 9.45. The second-order valence-corrected chi connectivity index (χ2v) is 9.42. The molecule has 0 bridgehead atoms. The summed E-state index contributed by atoms with van der Waals surface area (Å²) in [6.07, 6.45) is 18.4. The van der Waals surface area contributed by atoms with Crippen molar-refractivity contribution in [2.24, 2.45) is 40.4 Å². The van der Waals surface area contributed by atoms with Gasteiger partial charge in [0.1, 0.15) is 0 Å². The van der Waals surface area contributed by atoms with Gasteiger partial charge in [-0.2, -0.15) is 0 Å². The Hall–Kier alpha value is -0.590. The molecule has 0 N–H and O–H groups in total. The molecule has 7 unspecified atom stereocenters. The number of hydrogen-bond donors (Lipinski definition) is 0. The number of fused-ring (bicyclic) bond motifs is 4. The fourth-order valence-electron chi connectivity index (χ4n) is 8.11. The van der Waals surface area contributed by atoms with E-state index in [4.69, 9.17) is 0 Å². The van der Waals surface area contributed by atoms with Gasteiger partial charge >= 0.3 is 0 Å². The molecule has 7 atom stereocenters. The number of carbonyl (C=O) groups excluding carboxylic acids is 1. The zero-order chi connectivity index (χ0) is 14.9. The highest BCUT2D eigenvalue weighted by Gasteiger charge is 2.62. The van der Waals surface area contributed by atoms with Crippen LogP contribution in [-0.4, -0.2) is 5.78 Å². The Bertz CT molecular complexity index is 534. The molecule has 0 saturated heterocycles. The molecule has 0 aromatic rings. The first-order chi connectivity index (χ1) is 10.7. The van der Waals surface area contributed by atoms with E-state index in [2.05, 4.69) is 13.0 Å². The third-order valence-corrected chi connectivity index (χ3v) is 9.07. The summed E-state index contributed by atoms with van der Waals surface area (Å²) in [4.78, 5) is 12.3. The molecule has 4 fully saturated rings. The van der Waals surface area contributed by atoms with Crippen LogP contribution in [0.5, 0.6) is 0 Å². The van der Waals surface area contributed by atoms with Gasteiger partial charge in [-0.15, -0.1) is 0 Å². The van der Waals surface area contributed by atoms with Crippen molar-refractivity contribution in [3.05, 3.63) is 12.2 Å². The summed E-state index contributed by atoms with van der Waals surface area (Å²) < 4.78 is 0. The van der Waals surface area contributed by atoms with Crippen LogP contribution in [0.4, 0.5) is 0 Å². The molecule has 5 aliphatic carbocycles. The van der Waals surface area contributed by atoms with Crippen LogP contribution >= 0.6 is 0 Å². The fraction of sp³-hybridized carbons (Fsp3) is 0.857. The predicted octanol–water partition coefficient (Wildman–Crippen LogP) is 5.15. The Balaban J connectivity index is 1.50. The third kappa shape index (κ3) is 1.54. The molecule has 4 saturated carbocycles. The minimum Gasteiger partial charge on any atom is -0.295 e. The first-order valence-corrected chi connectivity index (χ1v) is 9.88. The molecule has 1 spiro atoms. The van der Waals surface area contributed by atoms with Crippen LogP contribution < -0.4 is 0 Å². The van der Waals surface area contributed by atoms with Crippen molar-refractivity contribution >= 4 is 5.78 Å². The molecule has 5 rings (SSSR count). The number of rotatable bonds is 0. The van der Waals surface area contributed by atoms with Gasteiger partial charge in [-0.3, -0.25) is 4.79 Å². The number of allylic oxidation sites excluding steroid dienone is 2. The van der Waals surface area contributed by atoms with Gasteiger partial charge < -0.3 is 0 Å². The summed E-state index contributed by atoms with van der Waals surface area (Å²) in [5.74, 6) is 4.56. The molecular formula is C21H30O. The average molecular weight is 298 g/mol. The van der Waals surface area contributed by atoms with Crippen LogP contribution in [-0.2, 0) is 4.79 Å². The van der Waals surface area contributed by atoms with Crippen molar-refractivity contribution in [2.45, 2.75) is 71.1 Å². The summed E-state index contributed by atoms with van der Waals surface area (Å²) in [7, 11) is 0. The standard InChI is InChI=1S/C21H30O/c1-20-11-3-2-4-14(20)5-6-15-16(20)9-12-21-13-10-19(22)18(21)8-7-17(15)21/h10,13-18H,2-9,11-12H2,1H3. The van der Waals surface area contributed by atoms with Crippen LogP contribution in [0, 0.1) is 40.4 Å². The first kappa shape index (κ1) is 13.8. The molecule has 1 heteroatoms. The first-order valence-electron chi connectivity index (χ1n) is 9.88. The monoisotopic (exact) mass is 298 g/mol. The van der Waals surface area contributed by atoms with Crippen molar-refractivity contribution in [1.29, 1.82) is 0 Å². The van der Waals surface area contributed by atoms with Crippen molar-refractivity contribution in [1.82, 2.24) is 0 Å². The second-order valence-electron chi connectivity index (χ2n) is 9.42. The summed E-state index contributed by atoms with van der Waals surface area (Å²) >= 11 is 0. The maximum Gasteiger partial charge on any atom is 0.159 e. The van der Waals surface area contributed by atoms with E-state index in [1.165, 1.54) is 64.2 Å². The van der Waals surface area contributed by atoms with Gasteiger partial charge in [-0.05, 0) is 86.5 Å². The van der Waals surface area contributed by atoms with Gasteiger partial charge in [0.05, 0.1) is 0 Å². The summed E-state index contributed by atoms with van der Waals surface area (Å²) in [5.41, 5.74) is 0.934. The third-order valence-electron chi connectivity index (χ3n) is 9.07. The largest absolute Gasteiger partial charge is 0.295 e. The molecular weight excluding hydrogens is 268 g/mol.